The van der Waals surface area contributed by atoms with Crippen molar-refractivity contribution in [2.45, 2.75) is 33.7 Å². The van der Waals surface area contributed by atoms with Crippen LogP contribution in [0.3, 0.4) is 0 Å². The third-order valence-corrected chi connectivity index (χ3v) is 5.12. The van der Waals surface area contributed by atoms with Crippen molar-refractivity contribution in [2.75, 3.05) is 20.6 Å². The van der Waals surface area contributed by atoms with Crippen LogP contribution in [0.1, 0.15) is 44.4 Å². The van der Waals surface area contributed by atoms with E-state index in [9.17, 15) is 4.79 Å². The lowest BCUT2D eigenvalue weighted by atomic mass is 10.0. The topological polar surface area (TPSA) is 45.5 Å². The van der Waals surface area contributed by atoms with Crippen molar-refractivity contribution in [1.82, 2.24) is 10.2 Å². The second kappa shape index (κ2) is 8.80. The smallest absolute Gasteiger partial charge is 0.287 e. The third kappa shape index (κ3) is 4.40. The van der Waals surface area contributed by atoms with E-state index < -0.39 is 0 Å². The maximum absolute atomic E-state index is 12.8. The molecule has 0 aliphatic heterocycles. The summed E-state index contributed by atoms with van der Waals surface area (Å²) >= 11 is 0. The molecule has 3 rings (SSSR count). The lowest BCUT2D eigenvalue weighted by molar-refractivity contribution is 0.0915. The summed E-state index contributed by atoms with van der Waals surface area (Å²) in [5.41, 5.74) is 6.35. The van der Waals surface area contributed by atoms with Gasteiger partial charge in [0.05, 0.1) is 6.04 Å². The van der Waals surface area contributed by atoms with E-state index in [1.807, 2.05) is 34.0 Å². The fraction of sp³-hybridized carbons (Fsp3) is 0.348. The van der Waals surface area contributed by atoms with E-state index in [0.29, 0.717) is 12.3 Å². The predicted molar refractivity (Wildman–Crippen MR) is 118 cm³/mol. The number of fused-ring (bicyclic) bond motifs is 1. The van der Waals surface area contributed by atoms with Crippen molar-refractivity contribution >= 4 is 29.3 Å². The van der Waals surface area contributed by atoms with Gasteiger partial charge < -0.3 is 14.6 Å². The number of amides is 1. The number of likely N-dealkylation sites (N-methyl/N-ethyl adjacent to an activating group) is 1. The molecule has 5 heteroatoms. The molecule has 0 radical (unpaired) electrons. The molecule has 1 heterocycles. The van der Waals surface area contributed by atoms with Gasteiger partial charge in [-0.05, 0) is 64.5 Å². The molecule has 1 atom stereocenters. The Hall–Kier alpha value is -2.30. The van der Waals surface area contributed by atoms with E-state index in [4.69, 9.17) is 4.42 Å². The molecule has 28 heavy (non-hydrogen) atoms. The summed E-state index contributed by atoms with van der Waals surface area (Å²) in [5, 5.41) is 4.09. The quantitative estimate of drug-likeness (QED) is 0.646. The highest BCUT2D eigenvalue weighted by Gasteiger charge is 2.21. The average molecular weight is 401 g/mol. The zero-order valence-corrected chi connectivity index (χ0v) is 18.2. The van der Waals surface area contributed by atoms with E-state index in [0.717, 1.165) is 27.7 Å². The van der Waals surface area contributed by atoms with Crippen LogP contribution in [0.25, 0.3) is 11.0 Å². The van der Waals surface area contributed by atoms with Crippen molar-refractivity contribution in [3.8, 4) is 0 Å². The van der Waals surface area contributed by atoms with Gasteiger partial charge in [0.15, 0.2) is 5.76 Å². The Balaban J connectivity index is 0.00000280. The van der Waals surface area contributed by atoms with Crippen LogP contribution in [0.15, 0.2) is 40.8 Å². The zero-order chi connectivity index (χ0) is 19.7. The first kappa shape index (κ1) is 22.0. The normalized spacial score (nSPS) is 12.1. The van der Waals surface area contributed by atoms with Gasteiger partial charge in [-0.3, -0.25) is 4.79 Å². The Bertz CT molecular complexity index is 974. The zero-order valence-electron chi connectivity index (χ0n) is 17.4. The first-order valence-electron chi connectivity index (χ1n) is 9.29. The molecule has 1 aromatic heterocycles. The molecule has 1 amide bonds. The van der Waals surface area contributed by atoms with E-state index in [-0.39, 0.29) is 24.4 Å². The Morgan fingerprint density at radius 2 is 1.68 bits per heavy atom. The molecule has 0 saturated heterocycles. The highest BCUT2D eigenvalue weighted by atomic mass is 35.5. The molecular weight excluding hydrogens is 372 g/mol. The number of rotatable bonds is 5. The van der Waals surface area contributed by atoms with Crippen molar-refractivity contribution < 1.29 is 9.21 Å². The first-order valence-corrected chi connectivity index (χ1v) is 9.29. The minimum Gasteiger partial charge on any atom is -0.451 e. The molecule has 0 spiro atoms. The lowest BCUT2D eigenvalue weighted by Gasteiger charge is -2.25. The second-order valence-electron chi connectivity index (χ2n) is 7.61. The van der Waals surface area contributed by atoms with Gasteiger partial charge in [0, 0.05) is 17.5 Å². The summed E-state index contributed by atoms with van der Waals surface area (Å²) < 4.78 is 5.91. The maximum atomic E-state index is 12.8. The average Bonchev–Trinajstić information content (AvgIpc) is 2.93. The molecule has 4 nitrogen and oxygen atoms in total. The summed E-state index contributed by atoms with van der Waals surface area (Å²) in [6.45, 7) is 8.63. The Morgan fingerprint density at radius 1 is 1.04 bits per heavy atom. The number of nitrogens with zero attached hydrogens (tertiary/aromatic N) is 1. The number of carbonyl (C=O) groups excluding carboxylic acids is 1. The number of carbonyl (C=O) groups is 1. The minimum absolute atomic E-state index is 0. The highest BCUT2D eigenvalue weighted by Crippen LogP contribution is 2.29. The summed E-state index contributed by atoms with van der Waals surface area (Å²) in [4.78, 5) is 14.9. The molecule has 2 aromatic carbocycles. The van der Waals surface area contributed by atoms with Gasteiger partial charge in [-0.15, -0.1) is 12.4 Å². The number of nitrogens with one attached hydrogen (secondary N) is 1. The number of halogens is 1. The van der Waals surface area contributed by atoms with Gasteiger partial charge >= 0.3 is 0 Å². The predicted octanol–water partition coefficient (Wildman–Crippen LogP) is 5.12. The van der Waals surface area contributed by atoms with Crippen LogP contribution in [0.4, 0.5) is 0 Å². The van der Waals surface area contributed by atoms with Crippen LogP contribution < -0.4 is 5.32 Å². The number of hydrogen-bond donors (Lipinski definition) is 1. The summed E-state index contributed by atoms with van der Waals surface area (Å²) in [7, 11) is 4.05. The van der Waals surface area contributed by atoms with Crippen LogP contribution in [0.2, 0.25) is 0 Å². The van der Waals surface area contributed by atoms with Gasteiger partial charge in [0.1, 0.15) is 5.58 Å². The van der Waals surface area contributed by atoms with Crippen molar-refractivity contribution in [3.63, 3.8) is 0 Å². The molecule has 1 N–H and O–H groups in total. The number of aryl methyl sites for hydroxylation is 4. The van der Waals surface area contributed by atoms with E-state index in [1.165, 1.54) is 11.1 Å². The second-order valence-corrected chi connectivity index (χ2v) is 7.61. The van der Waals surface area contributed by atoms with Crippen LogP contribution in [-0.2, 0) is 0 Å². The Labute approximate surface area is 173 Å². The Kier molecular flexibility index (Phi) is 6.91. The summed E-state index contributed by atoms with van der Waals surface area (Å²) in [6.07, 6.45) is 0. The highest BCUT2D eigenvalue weighted by molar-refractivity contribution is 6.00. The largest absolute Gasteiger partial charge is 0.451 e. The molecule has 0 fully saturated rings. The molecule has 0 bridgehead atoms. The van der Waals surface area contributed by atoms with Crippen molar-refractivity contribution in [3.05, 3.63) is 70.0 Å². The molecular formula is C23H29ClN2O2. The van der Waals surface area contributed by atoms with Gasteiger partial charge in [-0.25, -0.2) is 0 Å². The van der Waals surface area contributed by atoms with E-state index in [2.05, 4.69) is 54.4 Å². The van der Waals surface area contributed by atoms with Gasteiger partial charge in [-0.1, -0.05) is 35.9 Å². The molecule has 0 aliphatic rings. The van der Waals surface area contributed by atoms with Crippen LogP contribution >= 0.6 is 12.4 Å². The molecule has 150 valence electrons. The Morgan fingerprint density at radius 3 is 2.29 bits per heavy atom. The minimum atomic E-state index is -0.167. The molecule has 0 aliphatic carbocycles. The van der Waals surface area contributed by atoms with Crippen LogP contribution in [-0.4, -0.2) is 31.4 Å². The summed E-state index contributed by atoms with van der Waals surface area (Å²) in [6, 6.07) is 12.6. The fourth-order valence-electron chi connectivity index (χ4n) is 3.66. The van der Waals surface area contributed by atoms with Crippen LogP contribution in [0, 0.1) is 27.7 Å². The van der Waals surface area contributed by atoms with Gasteiger partial charge in [0.25, 0.3) is 5.91 Å². The number of furan rings is 1. The maximum Gasteiger partial charge on any atom is 0.287 e. The number of hydrogen-bond acceptors (Lipinski definition) is 3. The molecule has 0 saturated carbocycles. The number of benzene rings is 2. The van der Waals surface area contributed by atoms with Gasteiger partial charge in [-0.2, -0.15) is 0 Å². The standard InChI is InChI=1S/C23H28N2O2.ClH/c1-14-7-9-18(10-8-14)19(25(5)6)13-24-23(26)22-17(4)21-16(3)11-15(2)12-20(21)27-22;/h7-12,19H,13H2,1-6H3,(H,24,26);1H. The molecule has 3 aromatic rings. The monoisotopic (exact) mass is 400 g/mol. The lowest BCUT2D eigenvalue weighted by Crippen LogP contribution is -2.34. The van der Waals surface area contributed by atoms with Crippen molar-refractivity contribution in [2.24, 2.45) is 0 Å². The third-order valence-electron chi connectivity index (χ3n) is 5.12. The van der Waals surface area contributed by atoms with E-state index in [1.54, 1.807) is 0 Å². The molecule has 1 unspecified atom stereocenters. The fourth-order valence-corrected chi connectivity index (χ4v) is 3.66. The first-order chi connectivity index (χ1) is 12.8. The summed E-state index contributed by atoms with van der Waals surface area (Å²) in [5.74, 6) is 0.236. The van der Waals surface area contributed by atoms with Crippen molar-refractivity contribution in [1.29, 1.82) is 0 Å². The van der Waals surface area contributed by atoms with Gasteiger partial charge in [0.2, 0.25) is 0 Å². The SMILES string of the molecule is Cc1ccc(C(CNC(=O)c2oc3cc(C)cc(C)c3c2C)N(C)C)cc1.Cl. The van der Waals surface area contributed by atoms with E-state index >= 15 is 0 Å². The van der Waals surface area contributed by atoms with Crippen LogP contribution in [0.5, 0.6) is 0 Å².